The molecule has 0 saturated heterocycles. The molecule has 0 bridgehead atoms. The van der Waals surface area contributed by atoms with Crippen LogP contribution in [-0.2, 0) is 28.8 Å². The third-order valence-corrected chi connectivity index (χ3v) is 5.20. The van der Waals surface area contributed by atoms with E-state index in [0.717, 1.165) is 0 Å². The number of rotatable bonds is 18. The quantitative estimate of drug-likeness (QED) is 0.0910. The van der Waals surface area contributed by atoms with Crippen molar-refractivity contribution in [2.24, 2.45) is 11.5 Å². The van der Waals surface area contributed by atoms with Crippen LogP contribution in [0.15, 0.2) is 0 Å². The van der Waals surface area contributed by atoms with Crippen LogP contribution in [0.3, 0.4) is 0 Å². The zero-order valence-corrected chi connectivity index (χ0v) is 19.6. The number of nitrogens with one attached hydrogen (secondary N) is 3. The zero-order valence-electron chi connectivity index (χ0n) is 18.8. The molecule has 14 nitrogen and oxygen atoms in total. The summed E-state index contributed by atoms with van der Waals surface area (Å²) in [5, 5.41) is 33.9. The van der Waals surface area contributed by atoms with Crippen LogP contribution in [0.5, 0.6) is 0 Å². The van der Waals surface area contributed by atoms with Gasteiger partial charge in [-0.05, 0) is 44.2 Å². The van der Waals surface area contributed by atoms with Crippen LogP contribution in [0, 0.1) is 0 Å². The van der Waals surface area contributed by atoms with Crippen molar-refractivity contribution in [3.63, 3.8) is 0 Å². The SMILES string of the molecule is CSCCC(N)C(=O)NC(CC(=O)O)C(=O)NC(CC(=O)O)C(=O)NC(CCCCN)C(=O)O. The lowest BCUT2D eigenvalue weighted by atomic mass is 10.1. The van der Waals surface area contributed by atoms with E-state index in [-0.39, 0.29) is 12.8 Å². The summed E-state index contributed by atoms with van der Waals surface area (Å²) in [5.74, 6) is -6.75. The number of thioether (sulfide) groups is 1. The Morgan fingerprint density at radius 2 is 1.24 bits per heavy atom. The predicted molar refractivity (Wildman–Crippen MR) is 122 cm³/mol. The first-order chi connectivity index (χ1) is 15.9. The number of carbonyl (C=O) groups is 6. The second-order valence-corrected chi connectivity index (χ2v) is 8.38. The topological polar surface area (TPSA) is 251 Å². The Morgan fingerprint density at radius 1 is 0.765 bits per heavy atom. The molecule has 0 aliphatic carbocycles. The molecular formula is C19H33N5O9S. The smallest absolute Gasteiger partial charge is 0.326 e. The van der Waals surface area contributed by atoms with Crippen molar-refractivity contribution in [1.82, 2.24) is 16.0 Å². The standard InChI is InChI=1S/C19H33N5O9S/c1-34-7-5-10(21)16(29)23-12(8-14(25)26)18(31)24-13(9-15(27)28)17(30)22-11(19(32)33)4-2-3-6-20/h10-13H,2-9,20-21H2,1H3,(H,22,30)(H,23,29)(H,24,31)(H,25,26)(H,27,28)(H,32,33). The van der Waals surface area contributed by atoms with Crippen LogP contribution in [-0.4, -0.2) is 93.7 Å². The number of hydrogen-bond acceptors (Lipinski definition) is 9. The van der Waals surface area contributed by atoms with Gasteiger partial charge in [0.25, 0.3) is 0 Å². The molecule has 0 saturated carbocycles. The van der Waals surface area contributed by atoms with E-state index >= 15 is 0 Å². The van der Waals surface area contributed by atoms with Crippen LogP contribution in [0.1, 0.15) is 38.5 Å². The molecule has 0 rings (SSSR count). The van der Waals surface area contributed by atoms with Gasteiger partial charge in [0.05, 0.1) is 18.9 Å². The van der Waals surface area contributed by atoms with Gasteiger partial charge in [0.15, 0.2) is 0 Å². The minimum atomic E-state index is -1.72. The molecule has 3 amide bonds. The molecule has 15 heteroatoms. The molecule has 34 heavy (non-hydrogen) atoms. The number of amides is 3. The number of aliphatic carboxylic acids is 3. The summed E-state index contributed by atoms with van der Waals surface area (Å²) in [6.45, 7) is 0.315. The zero-order chi connectivity index (χ0) is 26.3. The third kappa shape index (κ3) is 13.0. The molecule has 0 aromatic rings. The summed E-state index contributed by atoms with van der Waals surface area (Å²) in [6.07, 6.45) is 1.21. The first-order valence-electron chi connectivity index (χ1n) is 10.4. The van der Waals surface area contributed by atoms with E-state index in [1.54, 1.807) is 6.26 Å². The third-order valence-electron chi connectivity index (χ3n) is 4.55. The fraction of sp³-hybridized carbons (Fsp3) is 0.684. The van der Waals surface area contributed by atoms with Crippen molar-refractivity contribution in [3.8, 4) is 0 Å². The van der Waals surface area contributed by atoms with Gasteiger partial charge in [0.1, 0.15) is 18.1 Å². The van der Waals surface area contributed by atoms with Crippen molar-refractivity contribution in [3.05, 3.63) is 0 Å². The van der Waals surface area contributed by atoms with Gasteiger partial charge in [0, 0.05) is 0 Å². The van der Waals surface area contributed by atoms with Crippen LogP contribution in [0.4, 0.5) is 0 Å². The Hall–Kier alpha value is -2.91. The summed E-state index contributed by atoms with van der Waals surface area (Å²) in [7, 11) is 0. The Bertz CT molecular complexity index is 737. The molecular weight excluding hydrogens is 474 g/mol. The molecule has 0 spiro atoms. The van der Waals surface area contributed by atoms with Gasteiger partial charge >= 0.3 is 17.9 Å². The lowest BCUT2D eigenvalue weighted by Gasteiger charge is -2.24. The Labute approximate surface area is 200 Å². The summed E-state index contributed by atoms with van der Waals surface area (Å²) in [5.41, 5.74) is 11.1. The second kappa shape index (κ2) is 16.7. The van der Waals surface area contributed by atoms with Crippen LogP contribution < -0.4 is 27.4 Å². The maximum atomic E-state index is 12.6. The maximum absolute atomic E-state index is 12.6. The van der Waals surface area contributed by atoms with E-state index in [4.69, 9.17) is 21.7 Å². The molecule has 0 heterocycles. The summed E-state index contributed by atoms with van der Waals surface area (Å²) in [4.78, 5) is 71.2. The van der Waals surface area contributed by atoms with Crippen LogP contribution in [0.2, 0.25) is 0 Å². The molecule has 4 atom stereocenters. The summed E-state index contributed by atoms with van der Waals surface area (Å²) >= 11 is 1.43. The molecule has 0 radical (unpaired) electrons. The second-order valence-electron chi connectivity index (χ2n) is 7.39. The molecule has 0 aliphatic heterocycles. The van der Waals surface area contributed by atoms with Crippen molar-refractivity contribution < 1.29 is 44.1 Å². The minimum absolute atomic E-state index is 0.0254. The van der Waals surface area contributed by atoms with Gasteiger partial charge in [-0.3, -0.25) is 24.0 Å². The number of carbonyl (C=O) groups excluding carboxylic acids is 3. The molecule has 0 fully saturated rings. The highest BCUT2D eigenvalue weighted by molar-refractivity contribution is 7.98. The van der Waals surface area contributed by atoms with Gasteiger partial charge in [-0.2, -0.15) is 11.8 Å². The highest BCUT2D eigenvalue weighted by atomic mass is 32.2. The van der Waals surface area contributed by atoms with Crippen LogP contribution >= 0.6 is 11.8 Å². The maximum Gasteiger partial charge on any atom is 0.326 e. The van der Waals surface area contributed by atoms with Gasteiger partial charge in [-0.1, -0.05) is 0 Å². The monoisotopic (exact) mass is 507 g/mol. The van der Waals surface area contributed by atoms with E-state index in [0.29, 0.717) is 25.1 Å². The van der Waals surface area contributed by atoms with Crippen molar-refractivity contribution in [1.29, 1.82) is 0 Å². The average Bonchev–Trinajstić information content (AvgIpc) is 2.74. The van der Waals surface area contributed by atoms with Crippen molar-refractivity contribution >= 4 is 47.4 Å². The Kier molecular flexibility index (Phi) is 15.2. The lowest BCUT2D eigenvalue weighted by molar-refractivity contribution is -0.145. The number of unbranched alkanes of at least 4 members (excludes halogenated alkanes) is 1. The largest absolute Gasteiger partial charge is 0.481 e. The van der Waals surface area contributed by atoms with Gasteiger partial charge in [-0.25, -0.2) is 4.79 Å². The number of nitrogens with two attached hydrogens (primary N) is 2. The van der Waals surface area contributed by atoms with Crippen LogP contribution in [0.25, 0.3) is 0 Å². The summed E-state index contributed by atoms with van der Waals surface area (Å²) in [6, 6.07) is -5.73. The van der Waals surface area contributed by atoms with Gasteiger partial charge in [0.2, 0.25) is 17.7 Å². The number of hydrogen-bond donors (Lipinski definition) is 8. The van der Waals surface area contributed by atoms with E-state index in [1.807, 2.05) is 0 Å². The minimum Gasteiger partial charge on any atom is -0.481 e. The fourth-order valence-corrected chi connectivity index (χ4v) is 3.21. The highest BCUT2D eigenvalue weighted by Crippen LogP contribution is 2.05. The first-order valence-corrected chi connectivity index (χ1v) is 11.8. The van der Waals surface area contributed by atoms with E-state index in [9.17, 15) is 33.9 Å². The normalized spacial score (nSPS) is 14.2. The van der Waals surface area contributed by atoms with E-state index < -0.39 is 72.6 Å². The molecule has 4 unspecified atom stereocenters. The summed E-state index contributed by atoms with van der Waals surface area (Å²) < 4.78 is 0. The van der Waals surface area contributed by atoms with Crippen molar-refractivity contribution in [2.45, 2.75) is 62.7 Å². The predicted octanol–water partition coefficient (Wildman–Crippen LogP) is -2.32. The Balaban J connectivity index is 5.45. The number of carboxylic acid groups (broad SMARTS) is 3. The molecule has 0 aliphatic rings. The number of carboxylic acids is 3. The van der Waals surface area contributed by atoms with E-state index in [1.165, 1.54) is 11.8 Å². The molecule has 194 valence electrons. The molecule has 10 N–H and O–H groups in total. The van der Waals surface area contributed by atoms with Gasteiger partial charge < -0.3 is 42.7 Å². The average molecular weight is 508 g/mol. The Morgan fingerprint density at radius 3 is 1.65 bits per heavy atom. The first kappa shape index (κ1) is 31.1. The van der Waals surface area contributed by atoms with E-state index in [2.05, 4.69) is 16.0 Å². The molecule has 0 aromatic carbocycles. The van der Waals surface area contributed by atoms with Crippen molar-refractivity contribution in [2.75, 3.05) is 18.6 Å². The molecule has 0 aromatic heterocycles. The van der Waals surface area contributed by atoms with Gasteiger partial charge in [-0.15, -0.1) is 0 Å². The lowest BCUT2D eigenvalue weighted by Crippen LogP contribution is -2.57. The fourth-order valence-electron chi connectivity index (χ4n) is 2.72. The highest BCUT2D eigenvalue weighted by Gasteiger charge is 2.32.